The van der Waals surface area contributed by atoms with Gasteiger partial charge in [0.2, 0.25) is 5.91 Å². The molecular formula is C25H23FN6O5. The van der Waals surface area contributed by atoms with Gasteiger partial charge in [-0.25, -0.2) is 19.0 Å². The van der Waals surface area contributed by atoms with Crippen LogP contribution in [0.3, 0.4) is 0 Å². The zero-order chi connectivity index (χ0) is 25.8. The summed E-state index contributed by atoms with van der Waals surface area (Å²) in [6, 6.07) is 8.53. The fraction of sp³-hybridized carbons (Fsp3) is 0.320. The van der Waals surface area contributed by atoms with Crippen molar-refractivity contribution in [3.05, 3.63) is 69.4 Å². The van der Waals surface area contributed by atoms with E-state index in [1.807, 2.05) is 0 Å². The number of nitrogens with one attached hydrogen (secondary N) is 2. The van der Waals surface area contributed by atoms with Crippen molar-refractivity contribution in [2.24, 2.45) is 0 Å². The highest BCUT2D eigenvalue weighted by Gasteiger charge is 2.43. The highest BCUT2D eigenvalue weighted by molar-refractivity contribution is 6.22. The summed E-state index contributed by atoms with van der Waals surface area (Å²) in [5.74, 6) is -2.05. The van der Waals surface area contributed by atoms with Crippen LogP contribution in [0.25, 0.3) is 11.0 Å². The minimum atomic E-state index is -0.798. The summed E-state index contributed by atoms with van der Waals surface area (Å²) in [5, 5.41) is 3.89. The Morgan fingerprint density at radius 1 is 0.892 bits per heavy atom. The number of hydrogen-bond donors (Lipinski definition) is 2. The second kappa shape index (κ2) is 8.66. The molecule has 0 atom stereocenters. The van der Waals surface area contributed by atoms with Crippen LogP contribution in [0.1, 0.15) is 51.6 Å². The Hall–Kier alpha value is -4.32. The highest BCUT2D eigenvalue weighted by atomic mass is 19.1. The summed E-state index contributed by atoms with van der Waals surface area (Å²) < 4.78 is 15.2. The van der Waals surface area contributed by atoms with E-state index in [4.69, 9.17) is 0 Å². The smallest absolute Gasteiger partial charge is 0.305 e. The van der Waals surface area contributed by atoms with E-state index in [9.17, 15) is 28.4 Å². The standard InChI is InChI=1S/C25H23FN6O5/c26-15-2-4-20-19(12-15)27-25(37)31(20)16-5-8-29(9-6-16)13-14-1-3-17-18(11-14)23(35)32(22(17)34)30-10-7-21(33)28-24(30)36/h1-4,11-12,16H,5-10,13H2,(H,27,37)(H,28,33,36). The van der Waals surface area contributed by atoms with E-state index in [2.05, 4.69) is 15.2 Å². The van der Waals surface area contributed by atoms with Gasteiger partial charge in [0, 0.05) is 32.1 Å². The Morgan fingerprint density at radius 3 is 2.41 bits per heavy atom. The highest BCUT2D eigenvalue weighted by Crippen LogP contribution is 2.29. The van der Waals surface area contributed by atoms with Crippen LogP contribution in [0, 0.1) is 5.82 Å². The maximum Gasteiger partial charge on any atom is 0.343 e. The third-order valence-corrected chi connectivity index (χ3v) is 7.21. The number of nitrogens with zero attached hydrogens (tertiary/aromatic N) is 4. The first-order valence-corrected chi connectivity index (χ1v) is 12.1. The van der Waals surface area contributed by atoms with E-state index >= 15 is 0 Å². The van der Waals surface area contributed by atoms with Crippen molar-refractivity contribution in [3.8, 4) is 0 Å². The monoisotopic (exact) mass is 506 g/mol. The number of amides is 5. The molecule has 4 heterocycles. The number of carbonyl (C=O) groups is 4. The van der Waals surface area contributed by atoms with Crippen molar-refractivity contribution in [3.63, 3.8) is 0 Å². The normalized spacial score (nSPS) is 19.2. The first-order valence-electron chi connectivity index (χ1n) is 12.1. The van der Waals surface area contributed by atoms with Crippen molar-refractivity contribution in [1.29, 1.82) is 0 Å². The van der Waals surface area contributed by atoms with Gasteiger partial charge < -0.3 is 4.98 Å². The molecular weight excluding hydrogens is 483 g/mol. The number of aromatic nitrogens is 2. The van der Waals surface area contributed by atoms with Crippen molar-refractivity contribution < 1.29 is 23.6 Å². The molecule has 3 aliphatic rings. The number of imide groups is 2. The average molecular weight is 506 g/mol. The molecule has 3 aliphatic heterocycles. The maximum absolute atomic E-state index is 13.5. The van der Waals surface area contributed by atoms with E-state index < -0.39 is 29.6 Å². The summed E-state index contributed by atoms with van der Waals surface area (Å²) in [5.41, 5.74) is 2.19. The summed E-state index contributed by atoms with van der Waals surface area (Å²) in [6.07, 6.45) is 1.45. The minimum Gasteiger partial charge on any atom is -0.305 e. The molecule has 11 nitrogen and oxygen atoms in total. The molecule has 190 valence electrons. The van der Waals surface area contributed by atoms with Crippen LogP contribution in [0.5, 0.6) is 0 Å². The molecule has 3 aromatic rings. The summed E-state index contributed by atoms with van der Waals surface area (Å²) in [4.78, 5) is 67.0. The molecule has 2 saturated heterocycles. The van der Waals surface area contributed by atoms with E-state index in [0.717, 1.165) is 28.4 Å². The summed E-state index contributed by atoms with van der Waals surface area (Å²) in [6.45, 7) is 1.92. The molecule has 0 spiro atoms. The molecule has 2 fully saturated rings. The number of H-pyrrole nitrogens is 1. The van der Waals surface area contributed by atoms with Gasteiger partial charge in [-0.15, -0.1) is 0 Å². The number of hydrogen-bond acceptors (Lipinski definition) is 6. The number of urea groups is 1. The number of benzene rings is 2. The third-order valence-electron chi connectivity index (χ3n) is 7.21. The predicted molar refractivity (Wildman–Crippen MR) is 128 cm³/mol. The van der Waals surface area contributed by atoms with Gasteiger partial charge >= 0.3 is 11.7 Å². The Balaban J connectivity index is 1.14. The van der Waals surface area contributed by atoms with Crippen LogP contribution >= 0.6 is 0 Å². The molecule has 5 amide bonds. The van der Waals surface area contributed by atoms with Crippen LogP contribution < -0.4 is 11.0 Å². The number of hydrazine groups is 1. The van der Waals surface area contributed by atoms with Crippen molar-refractivity contribution in [2.45, 2.75) is 31.8 Å². The number of fused-ring (bicyclic) bond motifs is 2. The lowest BCUT2D eigenvalue weighted by molar-refractivity contribution is -0.122. The first-order chi connectivity index (χ1) is 17.8. The molecule has 0 aliphatic carbocycles. The number of piperidine rings is 1. The number of aromatic amines is 1. The van der Waals surface area contributed by atoms with Gasteiger partial charge in [0.1, 0.15) is 5.82 Å². The Kier molecular flexibility index (Phi) is 5.41. The van der Waals surface area contributed by atoms with E-state index in [1.165, 1.54) is 12.1 Å². The number of likely N-dealkylation sites (tertiary alicyclic amines) is 1. The van der Waals surface area contributed by atoms with Crippen LogP contribution in [-0.4, -0.2) is 67.9 Å². The molecule has 0 unspecified atom stereocenters. The van der Waals surface area contributed by atoms with Gasteiger partial charge in [-0.05, 0) is 48.7 Å². The van der Waals surface area contributed by atoms with Crippen LogP contribution in [0.4, 0.5) is 9.18 Å². The minimum absolute atomic E-state index is 0.00189. The molecule has 37 heavy (non-hydrogen) atoms. The first kappa shape index (κ1) is 23.1. The molecule has 1 aromatic heterocycles. The molecule has 12 heteroatoms. The molecule has 6 rings (SSSR count). The second-order valence-corrected chi connectivity index (χ2v) is 9.50. The van der Waals surface area contributed by atoms with Gasteiger partial charge in [0.05, 0.1) is 28.7 Å². The molecule has 0 saturated carbocycles. The number of halogens is 1. The molecule has 2 aromatic carbocycles. The van der Waals surface area contributed by atoms with Crippen LogP contribution in [0.15, 0.2) is 41.2 Å². The van der Waals surface area contributed by atoms with E-state index in [1.54, 1.807) is 28.8 Å². The van der Waals surface area contributed by atoms with Crippen LogP contribution in [-0.2, 0) is 11.3 Å². The van der Waals surface area contributed by atoms with E-state index in [-0.39, 0.29) is 35.8 Å². The SMILES string of the molecule is O=C1CCN(N2C(=O)c3ccc(CN4CCC(n5c(=O)[nH]c6cc(F)ccc65)CC4)cc3C2=O)C(=O)N1. The lowest BCUT2D eigenvalue weighted by Crippen LogP contribution is -2.58. The zero-order valence-corrected chi connectivity index (χ0v) is 19.7. The topological polar surface area (TPSA) is 128 Å². The Labute approximate surface area is 209 Å². The van der Waals surface area contributed by atoms with Gasteiger partial charge in [-0.3, -0.25) is 29.2 Å². The van der Waals surface area contributed by atoms with Gasteiger partial charge in [-0.2, -0.15) is 5.01 Å². The lowest BCUT2D eigenvalue weighted by Gasteiger charge is -2.32. The quantitative estimate of drug-likeness (QED) is 0.519. The largest absolute Gasteiger partial charge is 0.343 e. The molecule has 2 N–H and O–H groups in total. The predicted octanol–water partition coefficient (Wildman–Crippen LogP) is 1.76. The fourth-order valence-electron chi connectivity index (χ4n) is 5.40. The number of rotatable bonds is 4. The Morgan fingerprint density at radius 2 is 1.65 bits per heavy atom. The summed E-state index contributed by atoms with van der Waals surface area (Å²) >= 11 is 0. The maximum atomic E-state index is 13.5. The zero-order valence-electron chi connectivity index (χ0n) is 19.7. The van der Waals surface area contributed by atoms with E-state index in [0.29, 0.717) is 30.7 Å². The van der Waals surface area contributed by atoms with Gasteiger partial charge in [-0.1, -0.05) is 6.07 Å². The van der Waals surface area contributed by atoms with Crippen molar-refractivity contribution in [1.82, 2.24) is 29.8 Å². The number of imidazole rings is 1. The summed E-state index contributed by atoms with van der Waals surface area (Å²) in [7, 11) is 0. The van der Waals surface area contributed by atoms with Crippen molar-refractivity contribution >= 4 is 34.8 Å². The lowest BCUT2D eigenvalue weighted by atomic mass is 10.0. The number of carbonyl (C=O) groups excluding carboxylic acids is 4. The molecule has 0 bridgehead atoms. The Bertz CT molecular complexity index is 1540. The van der Waals surface area contributed by atoms with Gasteiger partial charge in [0.25, 0.3) is 11.8 Å². The fourth-order valence-corrected chi connectivity index (χ4v) is 5.40. The second-order valence-electron chi connectivity index (χ2n) is 9.50. The van der Waals surface area contributed by atoms with Gasteiger partial charge in [0.15, 0.2) is 0 Å². The third kappa shape index (κ3) is 3.89. The van der Waals surface area contributed by atoms with Crippen molar-refractivity contribution in [2.75, 3.05) is 19.6 Å². The van der Waals surface area contributed by atoms with Crippen LogP contribution in [0.2, 0.25) is 0 Å². The molecule has 0 radical (unpaired) electrons. The average Bonchev–Trinajstić information content (AvgIpc) is 3.32.